The van der Waals surface area contributed by atoms with Gasteiger partial charge in [-0.1, -0.05) is 24.3 Å². The second kappa shape index (κ2) is 8.56. The number of para-hydroxylation sites is 1. The number of benzene rings is 2. The first-order valence-electron chi connectivity index (χ1n) is 9.11. The van der Waals surface area contributed by atoms with Gasteiger partial charge in [-0.05, 0) is 29.8 Å². The van der Waals surface area contributed by atoms with Gasteiger partial charge in [0.1, 0.15) is 12.4 Å². The van der Waals surface area contributed by atoms with Crippen LogP contribution in [0.15, 0.2) is 48.5 Å². The molecule has 1 aliphatic heterocycles. The van der Waals surface area contributed by atoms with E-state index >= 15 is 0 Å². The van der Waals surface area contributed by atoms with Crippen LogP contribution in [0.1, 0.15) is 33.2 Å². The zero-order chi connectivity index (χ0) is 20.1. The van der Waals surface area contributed by atoms with Crippen molar-refractivity contribution < 1.29 is 19.1 Å². The summed E-state index contributed by atoms with van der Waals surface area (Å²) in [5.74, 6) is -0.179. The van der Waals surface area contributed by atoms with Gasteiger partial charge in [0.15, 0.2) is 0 Å². The van der Waals surface area contributed by atoms with E-state index in [0.717, 1.165) is 5.56 Å². The number of primary amides is 1. The third-order valence-corrected chi connectivity index (χ3v) is 4.73. The third kappa shape index (κ3) is 4.49. The molecule has 1 heterocycles. The Balaban J connectivity index is 1.65. The maximum absolute atomic E-state index is 12.8. The molecular weight excluding hydrogens is 358 g/mol. The van der Waals surface area contributed by atoms with Crippen molar-refractivity contribution in [2.45, 2.75) is 13.5 Å². The molecule has 3 amide bonds. The fraction of sp³-hybridized carbons (Fsp3) is 0.286. The van der Waals surface area contributed by atoms with Crippen LogP contribution in [0.5, 0.6) is 5.75 Å². The SMILES string of the molecule is CC(=O)N1CCN(C(=O)c2cccc(COc3ccccc3C(N)=O)c2)CC1. The molecule has 3 rings (SSSR count). The summed E-state index contributed by atoms with van der Waals surface area (Å²) in [4.78, 5) is 39.2. The van der Waals surface area contributed by atoms with E-state index in [-0.39, 0.29) is 18.4 Å². The van der Waals surface area contributed by atoms with Gasteiger partial charge in [0.25, 0.3) is 11.8 Å². The van der Waals surface area contributed by atoms with E-state index in [4.69, 9.17) is 10.5 Å². The molecule has 0 bridgehead atoms. The van der Waals surface area contributed by atoms with Gasteiger partial charge >= 0.3 is 0 Å². The number of rotatable bonds is 5. The van der Waals surface area contributed by atoms with Gasteiger partial charge in [-0.3, -0.25) is 14.4 Å². The molecule has 1 saturated heterocycles. The van der Waals surface area contributed by atoms with E-state index < -0.39 is 5.91 Å². The lowest BCUT2D eigenvalue weighted by Gasteiger charge is -2.34. The lowest BCUT2D eigenvalue weighted by atomic mass is 10.1. The van der Waals surface area contributed by atoms with Crippen molar-refractivity contribution in [3.05, 3.63) is 65.2 Å². The van der Waals surface area contributed by atoms with Gasteiger partial charge in [-0.25, -0.2) is 0 Å². The zero-order valence-corrected chi connectivity index (χ0v) is 15.8. The van der Waals surface area contributed by atoms with E-state index in [2.05, 4.69) is 0 Å². The molecule has 28 heavy (non-hydrogen) atoms. The number of nitrogens with zero attached hydrogens (tertiary/aromatic N) is 2. The van der Waals surface area contributed by atoms with E-state index in [0.29, 0.717) is 43.1 Å². The van der Waals surface area contributed by atoms with Crippen LogP contribution < -0.4 is 10.5 Å². The Morgan fingerprint density at radius 3 is 2.32 bits per heavy atom. The Bertz CT molecular complexity index is 889. The van der Waals surface area contributed by atoms with E-state index in [9.17, 15) is 14.4 Å². The molecule has 2 N–H and O–H groups in total. The molecule has 7 nitrogen and oxygen atoms in total. The summed E-state index contributed by atoms with van der Waals surface area (Å²) in [6.07, 6.45) is 0. The number of carbonyl (C=O) groups excluding carboxylic acids is 3. The van der Waals surface area contributed by atoms with Crippen LogP contribution in [-0.4, -0.2) is 53.7 Å². The predicted molar refractivity (Wildman–Crippen MR) is 104 cm³/mol. The predicted octanol–water partition coefficient (Wildman–Crippen LogP) is 1.67. The van der Waals surface area contributed by atoms with Crippen LogP contribution in [0.4, 0.5) is 0 Å². The van der Waals surface area contributed by atoms with Gasteiger partial charge in [0.2, 0.25) is 5.91 Å². The molecule has 146 valence electrons. The largest absolute Gasteiger partial charge is 0.488 e. The minimum absolute atomic E-state index is 0.0301. The topological polar surface area (TPSA) is 92.9 Å². The van der Waals surface area contributed by atoms with Crippen LogP contribution in [-0.2, 0) is 11.4 Å². The minimum atomic E-state index is -0.552. The van der Waals surface area contributed by atoms with Crippen LogP contribution >= 0.6 is 0 Å². The normalized spacial score (nSPS) is 13.9. The van der Waals surface area contributed by atoms with Gasteiger partial charge in [0, 0.05) is 38.7 Å². The van der Waals surface area contributed by atoms with E-state index in [1.165, 1.54) is 6.92 Å². The van der Waals surface area contributed by atoms with Gasteiger partial charge < -0.3 is 20.3 Å². The molecule has 2 aromatic carbocycles. The maximum atomic E-state index is 12.8. The number of carbonyl (C=O) groups is 3. The summed E-state index contributed by atoms with van der Waals surface area (Å²) in [7, 11) is 0. The fourth-order valence-corrected chi connectivity index (χ4v) is 3.16. The molecule has 0 aromatic heterocycles. The first-order chi connectivity index (χ1) is 13.5. The van der Waals surface area contributed by atoms with Crippen molar-refractivity contribution in [2.75, 3.05) is 26.2 Å². The molecule has 0 radical (unpaired) electrons. The van der Waals surface area contributed by atoms with Crippen LogP contribution in [0, 0.1) is 0 Å². The summed E-state index contributed by atoms with van der Waals surface area (Å²) >= 11 is 0. The summed E-state index contributed by atoms with van der Waals surface area (Å²) in [5, 5.41) is 0. The van der Waals surface area contributed by atoms with Crippen molar-refractivity contribution in [1.29, 1.82) is 0 Å². The number of amides is 3. The number of piperazine rings is 1. The molecule has 1 fully saturated rings. The molecule has 0 saturated carbocycles. The number of nitrogens with two attached hydrogens (primary N) is 1. The molecular formula is C21H23N3O4. The summed E-state index contributed by atoms with van der Waals surface area (Å²) in [6.45, 7) is 3.89. The van der Waals surface area contributed by atoms with Crippen molar-refractivity contribution in [3.63, 3.8) is 0 Å². The summed E-state index contributed by atoms with van der Waals surface area (Å²) in [5.41, 5.74) is 7.06. The highest BCUT2D eigenvalue weighted by Crippen LogP contribution is 2.19. The second-order valence-corrected chi connectivity index (χ2v) is 6.65. The number of hydrogen-bond acceptors (Lipinski definition) is 4. The lowest BCUT2D eigenvalue weighted by molar-refractivity contribution is -0.130. The van der Waals surface area contributed by atoms with Gasteiger partial charge in [-0.15, -0.1) is 0 Å². The fourth-order valence-electron chi connectivity index (χ4n) is 3.16. The van der Waals surface area contributed by atoms with Gasteiger partial charge in [0.05, 0.1) is 5.56 Å². The Kier molecular flexibility index (Phi) is 5.93. The van der Waals surface area contributed by atoms with Gasteiger partial charge in [-0.2, -0.15) is 0 Å². The first kappa shape index (κ1) is 19.4. The average Bonchev–Trinajstić information content (AvgIpc) is 2.72. The van der Waals surface area contributed by atoms with Crippen LogP contribution in [0.3, 0.4) is 0 Å². The van der Waals surface area contributed by atoms with Crippen molar-refractivity contribution in [1.82, 2.24) is 9.80 Å². The molecule has 0 spiro atoms. The summed E-state index contributed by atoms with van der Waals surface area (Å²) < 4.78 is 5.74. The molecule has 0 atom stereocenters. The van der Waals surface area contributed by atoms with E-state index in [1.807, 2.05) is 6.07 Å². The van der Waals surface area contributed by atoms with Crippen molar-refractivity contribution in [3.8, 4) is 5.75 Å². The maximum Gasteiger partial charge on any atom is 0.253 e. The number of ether oxygens (including phenoxy) is 1. The standard InChI is InChI=1S/C21H23N3O4/c1-15(25)23-9-11-24(12-10-23)21(27)17-6-4-5-16(13-17)14-28-19-8-3-2-7-18(19)20(22)26/h2-8,13H,9-12,14H2,1H3,(H2,22,26). The lowest BCUT2D eigenvalue weighted by Crippen LogP contribution is -2.50. The van der Waals surface area contributed by atoms with E-state index in [1.54, 1.807) is 52.3 Å². The zero-order valence-electron chi connectivity index (χ0n) is 15.8. The monoisotopic (exact) mass is 381 g/mol. The molecule has 1 aliphatic rings. The average molecular weight is 381 g/mol. The first-order valence-corrected chi connectivity index (χ1v) is 9.11. The Hall–Kier alpha value is -3.35. The van der Waals surface area contributed by atoms with Crippen LogP contribution in [0.25, 0.3) is 0 Å². The number of hydrogen-bond donors (Lipinski definition) is 1. The second-order valence-electron chi connectivity index (χ2n) is 6.65. The molecule has 0 unspecified atom stereocenters. The quantitative estimate of drug-likeness (QED) is 0.853. The Labute approximate surface area is 163 Å². The van der Waals surface area contributed by atoms with Crippen molar-refractivity contribution >= 4 is 17.7 Å². The highest BCUT2D eigenvalue weighted by molar-refractivity contribution is 5.95. The molecule has 2 aromatic rings. The Morgan fingerprint density at radius 1 is 0.964 bits per heavy atom. The van der Waals surface area contributed by atoms with Crippen LogP contribution in [0.2, 0.25) is 0 Å². The molecule has 7 heteroatoms. The molecule has 0 aliphatic carbocycles. The third-order valence-electron chi connectivity index (χ3n) is 4.73. The highest BCUT2D eigenvalue weighted by atomic mass is 16.5. The smallest absolute Gasteiger partial charge is 0.253 e. The summed E-state index contributed by atoms with van der Waals surface area (Å²) in [6, 6.07) is 14.0. The Morgan fingerprint density at radius 2 is 1.64 bits per heavy atom. The van der Waals surface area contributed by atoms with Crippen molar-refractivity contribution in [2.24, 2.45) is 5.73 Å². The highest BCUT2D eigenvalue weighted by Gasteiger charge is 2.23. The minimum Gasteiger partial charge on any atom is -0.488 e.